The van der Waals surface area contributed by atoms with E-state index in [1.807, 2.05) is 30.3 Å². The minimum Gasteiger partial charge on any atom is -0.456 e. The molecule has 19 heavy (non-hydrogen) atoms. The summed E-state index contributed by atoms with van der Waals surface area (Å²) in [5.74, 6) is 1.66. The van der Waals surface area contributed by atoms with E-state index in [4.69, 9.17) is 10.5 Å². The quantitative estimate of drug-likeness (QED) is 0.702. The Morgan fingerprint density at radius 2 is 1.79 bits per heavy atom. The van der Waals surface area contributed by atoms with Gasteiger partial charge in [-0.1, -0.05) is 29.3 Å². The van der Waals surface area contributed by atoms with E-state index >= 15 is 0 Å². The molecular weight excluding hydrogens is 370 g/mol. The molecule has 0 amide bonds. The number of nitrogen functional groups attached to an aromatic ring is 1. The van der Waals surface area contributed by atoms with Crippen LogP contribution in [-0.2, 0) is 6.42 Å². The number of rotatable bonds is 4. The molecule has 0 aliphatic heterocycles. The summed E-state index contributed by atoms with van der Waals surface area (Å²) in [5, 5.41) is 0. The maximum atomic E-state index is 5.98. The molecule has 2 nitrogen and oxygen atoms in total. The summed E-state index contributed by atoms with van der Waals surface area (Å²) in [6, 6.07) is 11.5. The smallest absolute Gasteiger partial charge is 0.144 e. The number of aryl methyl sites for hydroxylation is 1. The molecule has 0 spiro atoms. The van der Waals surface area contributed by atoms with Gasteiger partial charge in [-0.3, -0.25) is 0 Å². The number of halogens is 2. The van der Waals surface area contributed by atoms with E-state index in [0.29, 0.717) is 0 Å². The van der Waals surface area contributed by atoms with Crippen LogP contribution >= 0.6 is 31.9 Å². The molecule has 0 aliphatic carbocycles. The van der Waals surface area contributed by atoms with Gasteiger partial charge in [-0.25, -0.2) is 0 Å². The average molecular weight is 385 g/mol. The van der Waals surface area contributed by atoms with Gasteiger partial charge in [-0.15, -0.1) is 0 Å². The van der Waals surface area contributed by atoms with Gasteiger partial charge in [0.2, 0.25) is 0 Å². The van der Waals surface area contributed by atoms with Crippen LogP contribution in [0.25, 0.3) is 0 Å². The van der Waals surface area contributed by atoms with Crippen LogP contribution in [-0.4, -0.2) is 0 Å². The SMILES string of the molecule is CCCc1cc(Br)cc(Br)c1Oc1ccc(N)cc1. The van der Waals surface area contributed by atoms with E-state index < -0.39 is 0 Å². The Kier molecular flexibility index (Phi) is 4.88. The molecule has 2 N–H and O–H groups in total. The van der Waals surface area contributed by atoms with E-state index in [1.54, 1.807) is 0 Å². The lowest BCUT2D eigenvalue weighted by Gasteiger charge is -2.13. The Labute approximate surface area is 130 Å². The number of benzene rings is 2. The Morgan fingerprint density at radius 3 is 2.42 bits per heavy atom. The first-order valence-corrected chi connectivity index (χ1v) is 7.70. The highest BCUT2D eigenvalue weighted by Crippen LogP contribution is 2.36. The van der Waals surface area contributed by atoms with Gasteiger partial charge in [0.1, 0.15) is 11.5 Å². The third-order valence-electron chi connectivity index (χ3n) is 2.70. The summed E-state index contributed by atoms with van der Waals surface area (Å²) in [4.78, 5) is 0. The predicted octanol–water partition coefficient (Wildman–Crippen LogP) is 5.54. The van der Waals surface area contributed by atoms with Crippen molar-refractivity contribution in [2.75, 3.05) is 5.73 Å². The summed E-state index contributed by atoms with van der Waals surface area (Å²) < 4.78 is 7.97. The number of anilines is 1. The second-order valence-electron chi connectivity index (χ2n) is 4.30. The van der Waals surface area contributed by atoms with Gasteiger partial charge in [-0.05, 0) is 64.3 Å². The fraction of sp³-hybridized carbons (Fsp3) is 0.200. The first-order valence-electron chi connectivity index (χ1n) is 6.11. The molecule has 0 fully saturated rings. The van der Waals surface area contributed by atoms with Crippen LogP contribution in [0.1, 0.15) is 18.9 Å². The third-order valence-corrected chi connectivity index (χ3v) is 3.75. The molecule has 0 heterocycles. The molecule has 2 aromatic carbocycles. The van der Waals surface area contributed by atoms with Crippen molar-refractivity contribution < 1.29 is 4.74 Å². The van der Waals surface area contributed by atoms with Crippen molar-refractivity contribution in [1.82, 2.24) is 0 Å². The molecule has 0 aliphatic rings. The van der Waals surface area contributed by atoms with E-state index in [9.17, 15) is 0 Å². The predicted molar refractivity (Wildman–Crippen MR) is 86.8 cm³/mol. The lowest BCUT2D eigenvalue weighted by molar-refractivity contribution is 0.472. The number of nitrogens with two attached hydrogens (primary N) is 1. The van der Waals surface area contributed by atoms with Gasteiger partial charge in [-0.2, -0.15) is 0 Å². The van der Waals surface area contributed by atoms with Crippen molar-refractivity contribution in [3.05, 3.63) is 50.9 Å². The van der Waals surface area contributed by atoms with Crippen LogP contribution in [0.3, 0.4) is 0 Å². The lowest BCUT2D eigenvalue weighted by atomic mass is 10.1. The zero-order valence-corrected chi connectivity index (χ0v) is 13.8. The molecular formula is C15H15Br2NO. The van der Waals surface area contributed by atoms with Crippen LogP contribution in [0, 0.1) is 0 Å². The van der Waals surface area contributed by atoms with Gasteiger partial charge in [0, 0.05) is 10.2 Å². The Bertz CT molecular complexity index is 567. The van der Waals surface area contributed by atoms with Crippen molar-refractivity contribution in [3.63, 3.8) is 0 Å². The summed E-state index contributed by atoms with van der Waals surface area (Å²) in [6.07, 6.45) is 2.04. The summed E-state index contributed by atoms with van der Waals surface area (Å²) in [6.45, 7) is 2.15. The molecule has 2 aromatic rings. The summed E-state index contributed by atoms with van der Waals surface area (Å²) in [7, 11) is 0. The monoisotopic (exact) mass is 383 g/mol. The number of hydrogen-bond acceptors (Lipinski definition) is 2. The first-order chi connectivity index (χ1) is 9.10. The van der Waals surface area contributed by atoms with Gasteiger partial charge >= 0.3 is 0 Å². The maximum Gasteiger partial charge on any atom is 0.144 e. The zero-order chi connectivity index (χ0) is 13.8. The fourth-order valence-electron chi connectivity index (χ4n) is 1.84. The average Bonchev–Trinajstić information content (AvgIpc) is 2.36. The minimum absolute atomic E-state index is 0.732. The van der Waals surface area contributed by atoms with Crippen LogP contribution in [0.15, 0.2) is 45.3 Å². The van der Waals surface area contributed by atoms with E-state index in [-0.39, 0.29) is 0 Å². The van der Waals surface area contributed by atoms with Crippen molar-refractivity contribution in [2.24, 2.45) is 0 Å². The molecule has 0 atom stereocenters. The Morgan fingerprint density at radius 1 is 1.11 bits per heavy atom. The van der Waals surface area contributed by atoms with Crippen LogP contribution in [0.5, 0.6) is 11.5 Å². The molecule has 100 valence electrons. The molecule has 0 unspecified atom stereocenters. The first kappa shape index (κ1) is 14.4. The number of ether oxygens (including phenoxy) is 1. The summed E-state index contributed by atoms with van der Waals surface area (Å²) >= 11 is 7.07. The normalized spacial score (nSPS) is 10.5. The lowest BCUT2D eigenvalue weighted by Crippen LogP contribution is -1.94. The molecule has 0 aromatic heterocycles. The zero-order valence-electron chi connectivity index (χ0n) is 10.6. The van der Waals surface area contributed by atoms with Crippen molar-refractivity contribution in [1.29, 1.82) is 0 Å². The summed E-state index contributed by atoms with van der Waals surface area (Å²) in [5.41, 5.74) is 7.59. The van der Waals surface area contributed by atoms with Gasteiger partial charge in [0.05, 0.1) is 4.47 Å². The highest BCUT2D eigenvalue weighted by atomic mass is 79.9. The van der Waals surface area contributed by atoms with Gasteiger partial charge < -0.3 is 10.5 Å². The van der Waals surface area contributed by atoms with E-state index in [0.717, 1.165) is 39.0 Å². The van der Waals surface area contributed by atoms with E-state index in [2.05, 4.69) is 44.8 Å². The van der Waals surface area contributed by atoms with Gasteiger partial charge in [0.15, 0.2) is 0 Å². The van der Waals surface area contributed by atoms with Gasteiger partial charge in [0.25, 0.3) is 0 Å². The standard InChI is InChI=1S/C15H15Br2NO/c1-2-3-10-8-11(16)9-14(17)15(10)19-13-6-4-12(18)5-7-13/h4-9H,2-3,18H2,1H3. The second kappa shape index (κ2) is 6.44. The molecule has 0 saturated heterocycles. The minimum atomic E-state index is 0.732. The van der Waals surface area contributed by atoms with Crippen molar-refractivity contribution in [2.45, 2.75) is 19.8 Å². The van der Waals surface area contributed by atoms with Crippen molar-refractivity contribution >= 4 is 37.5 Å². The highest BCUT2D eigenvalue weighted by Gasteiger charge is 2.10. The molecule has 4 heteroatoms. The molecule has 2 rings (SSSR count). The highest BCUT2D eigenvalue weighted by molar-refractivity contribution is 9.11. The van der Waals surface area contributed by atoms with Crippen molar-refractivity contribution in [3.8, 4) is 11.5 Å². The third kappa shape index (κ3) is 3.74. The molecule has 0 saturated carbocycles. The second-order valence-corrected chi connectivity index (χ2v) is 6.07. The van der Waals surface area contributed by atoms with Crippen LogP contribution < -0.4 is 10.5 Å². The van der Waals surface area contributed by atoms with E-state index in [1.165, 1.54) is 5.56 Å². The molecule has 0 bridgehead atoms. The Balaban J connectivity index is 2.35. The van der Waals surface area contributed by atoms with Crippen LogP contribution in [0.2, 0.25) is 0 Å². The number of hydrogen-bond donors (Lipinski definition) is 1. The maximum absolute atomic E-state index is 5.98. The van der Waals surface area contributed by atoms with Crippen LogP contribution in [0.4, 0.5) is 5.69 Å². The topological polar surface area (TPSA) is 35.2 Å². The Hall–Kier alpha value is -1.00. The molecule has 0 radical (unpaired) electrons. The fourth-order valence-corrected chi connectivity index (χ4v) is 3.23. The largest absolute Gasteiger partial charge is 0.456 e.